The molecular weight excluding hydrogens is 1160 g/mol. The van der Waals surface area contributed by atoms with Crippen LogP contribution in [0.25, 0.3) is 66.1 Å². The molecule has 0 radical (unpaired) electrons. The summed E-state index contributed by atoms with van der Waals surface area (Å²) in [6.07, 6.45) is 21.2. The predicted octanol–water partition coefficient (Wildman–Crippen LogP) is 21.5. The maximum atomic E-state index is 13.8. The van der Waals surface area contributed by atoms with Crippen molar-refractivity contribution in [2.24, 2.45) is 0 Å². The molecule has 0 aromatic heterocycles. The van der Waals surface area contributed by atoms with Crippen molar-refractivity contribution < 1.29 is 51.5 Å². The lowest BCUT2D eigenvalue weighted by Crippen LogP contribution is -2.28. The van der Waals surface area contributed by atoms with Gasteiger partial charge in [-0.05, 0) is 161 Å². The van der Waals surface area contributed by atoms with Gasteiger partial charge in [-0.2, -0.15) is 43.2 Å². The van der Waals surface area contributed by atoms with Crippen LogP contribution in [0.15, 0.2) is 170 Å². The fourth-order valence-electron chi connectivity index (χ4n) is 13.5. The average Bonchev–Trinajstić information content (AvgIpc) is 1.40. The van der Waals surface area contributed by atoms with E-state index in [4.69, 9.17) is 0 Å². The van der Waals surface area contributed by atoms with Gasteiger partial charge in [0.1, 0.15) is 11.5 Å². The highest BCUT2D eigenvalue weighted by atomic mass is 32.2. The number of alkyl halides is 6. The minimum Gasteiger partial charge on any atom is -0.376 e. The van der Waals surface area contributed by atoms with Crippen LogP contribution in [0.2, 0.25) is 0 Å². The zero-order valence-electron chi connectivity index (χ0n) is 49.6. The van der Waals surface area contributed by atoms with Gasteiger partial charge in [-0.3, -0.25) is 0 Å². The number of unbranched alkanes of at least 4 members (excludes halogenated alkanes) is 14. The average molecular weight is 1240 g/mol. The number of fused-ring (bicyclic) bond motifs is 10. The molecule has 0 N–H and O–H groups in total. The summed E-state index contributed by atoms with van der Waals surface area (Å²) >= 11 is 0. The molecule has 2 atom stereocenters. The fourth-order valence-corrected chi connectivity index (χ4v) is 14.4. The maximum Gasteiger partial charge on any atom is 0.534 e. The number of halogens is 6. The number of benzene rings is 9. The second-order valence-corrected chi connectivity index (χ2v) is 26.7. The standard InChI is InChI=1S/C74H72F6O6S2/c1-3-5-7-9-11-13-15-17-23-49-29-33-51(34-30-49)65-59-27-21-19-25-57(59)61-45-47-63-68(54-39-43-56(44-40-54)86-88(83,84)74(78,79)80)72-64(67(71(63)69(61)65)53-37-41-55(42-38-53)85-87(81,82)73(75,76)77)48-46-62-58-26-20-22-28-60(58)66(70(62)72)52-35-31-50(32-36-52)24-18-16-14-12-10-8-6-4-2/h19-22,25-48,65-66H,3-18,23-24H2,1-2H3. The van der Waals surface area contributed by atoms with E-state index in [0.717, 1.165) is 116 Å². The molecule has 0 saturated carbocycles. The van der Waals surface area contributed by atoms with Crippen LogP contribution in [0.1, 0.15) is 173 Å². The molecule has 88 heavy (non-hydrogen) atoms. The molecule has 9 aromatic rings. The Morgan fingerprint density at radius 3 is 1.03 bits per heavy atom. The second kappa shape index (κ2) is 26.3. The van der Waals surface area contributed by atoms with Crippen molar-refractivity contribution in [2.45, 2.75) is 152 Å². The highest BCUT2D eigenvalue weighted by molar-refractivity contribution is 7.88. The van der Waals surface area contributed by atoms with Crippen molar-refractivity contribution in [3.63, 3.8) is 0 Å². The van der Waals surface area contributed by atoms with E-state index in [1.54, 1.807) is 24.3 Å². The third kappa shape index (κ3) is 12.8. The van der Waals surface area contributed by atoms with Gasteiger partial charge in [0.25, 0.3) is 0 Å². The van der Waals surface area contributed by atoms with Crippen LogP contribution in [0, 0.1) is 0 Å². The first-order valence-corrected chi connectivity index (χ1v) is 33.9. The molecule has 6 nitrogen and oxygen atoms in total. The number of hydrogen-bond acceptors (Lipinski definition) is 6. The summed E-state index contributed by atoms with van der Waals surface area (Å²) in [7, 11) is -12.0. The summed E-state index contributed by atoms with van der Waals surface area (Å²) in [6.45, 7) is 4.45. The molecule has 9 aromatic carbocycles. The zero-order chi connectivity index (χ0) is 61.8. The molecule has 458 valence electrons. The first kappa shape index (κ1) is 62.2. The van der Waals surface area contributed by atoms with Crippen molar-refractivity contribution in [2.75, 3.05) is 0 Å². The molecule has 0 heterocycles. The molecule has 2 aliphatic carbocycles. The summed E-state index contributed by atoms with van der Waals surface area (Å²) in [4.78, 5) is 0. The van der Waals surface area contributed by atoms with Crippen molar-refractivity contribution in [3.05, 3.63) is 214 Å². The van der Waals surface area contributed by atoms with Crippen molar-refractivity contribution in [1.82, 2.24) is 0 Å². The SMILES string of the molecule is CCCCCCCCCCc1ccc(C2c3ccccc3-c3ccc4c(-c5ccc(OS(=O)(=O)C(F)(F)F)cc5)c5c6c(ccc5c(-c5ccc(OS(=O)(=O)C(F)(F)F)cc5)c4c32)-c2ccccc2C6c2ccc(CCCCCCCCCC)cc2)cc1. The Morgan fingerprint density at radius 1 is 0.364 bits per heavy atom. The Kier molecular flexibility index (Phi) is 18.6. The molecule has 0 saturated heterocycles. The molecule has 2 aliphatic rings. The van der Waals surface area contributed by atoms with E-state index in [1.165, 1.54) is 112 Å². The third-order valence-electron chi connectivity index (χ3n) is 17.8. The zero-order valence-corrected chi connectivity index (χ0v) is 51.2. The maximum absolute atomic E-state index is 13.8. The lowest BCUT2D eigenvalue weighted by molar-refractivity contribution is -0.0504. The van der Waals surface area contributed by atoms with E-state index in [0.29, 0.717) is 22.3 Å². The van der Waals surface area contributed by atoms with Gasteiger partial charge < -0.3 is 8.37 Å². The predicted molar refractivity (Wildman–Crippen MR) is 342 cm³/mol. The first-order valence-electron chi connectivity index (χ1n) is 31.1. The van der Waals surface area contributed by atoms with Crippen LogP contribution in [0.5, 0.6) is 11.5 Å². The smallest absolute Gasteiger partial charge is 0.376 e. The molecule has 0 amide bonds. The Bertz CT molecular complexity index is 3910. The second-order valence-electron chi connectivity index (χ2n) is 23.6. The Morgan fingerprint density at radius 2 is 0.693 bits per heavy atom. The first-order chi connectivity index (χ1) is 42.4. The highest BCUT2D eigenvalue weighted by Crippen LogP contribution is 2.59. The lowest BCUT2D eigenvalue weighted by Gasteiger charge is -2.26. The third-order valence-corrected chi connectivity index (χ3v) is 19.7. The van der Waals surface area contributed by atoms with Gasteiger partial charge in [0.15, 0.2) is 0 Å². The minimum absolute atomic E-state index is 0.352. The van der Waals surface area contributed by atoms with E-state index in [-0.39, 0.29) is 11.8 Å². The van der Waals surface area contributed by atoms with Gasteiger partial charge in [-0.1, -0.05) is 249 Å². The van der Waals surface area contributed by atoms with Crippen molar-refractivity contribution in [3.8, 4) is 56.0 Å². The van der Waals surface area contributed by atoms with E-state index in [2.05, 4.69) is 107 Å². The van der Waals surface area contributed by atoms with E-state index >= 15 is 0 Å². The molecule has 14 heteroatoms. The highest BCUT2D eigenvalue weighted by Gasteiger charge is 2.49. The summed E-state index contributed by atoms with van der Waals surface area (Å²) in [6, 6.07) is 53.5. The quantitative estimate of drug-likeness (QED) is 0.0176. The van der Waals surface area contributed by atoms with Crippen LogP contribution in [-0.2, 0) is 33.1 Å². The number of rotatable bonds is 26. The molecule has 0 spiro atoms. The van der Waals surface area contributed by atoms with Gasteiger partial charge in [0.2, 0.25) is 0 Å². The van der Waals surface area contributed by atoms with E-state index < -0.39 is 42.8 Å². The van der Waals surface area contributed by atoms with Gasteiger partial charge >= 0.3 is 31.3 Å². The van der Waals surface area contributed by atoms with Crippen LogP contribution in [0.3, 0.4) is 0 Å². The molecule has 11 rings (SSSR count). The number of aryl methyl sites for hydroxylation is 2. The number of hydrogen-bond donors (Lipinski definition) is 0. The van der Waals surface area contributed by atoms with Crippen LogP contribution >= 0.6 is 0 Å². The van der Waals surface area contributed by atoms with Gasteiger partial charge in [-0.25, -0.2) is 0 Å². The summed E-state index contributed by atoms with van der Waals surface area (Å²) in [5, 5.41) is 3.01. The summed E-state index contributed by atoms with van der Waals surface area (Å²) < 4.78 is 142. The van der Waals surface area contributed by atoms with Crippen LogP contribution in [-0.4, -0.2) is 27.9 Å². The van der Waals surface area contributed by atoms with Gasteiger partial charge in [0, 0.05) is 11.8 Å². The van der Waals surface area contributed by atoms with Crippen LogP contribution in [0.4, 0.5) is 26.3 Å². The molecule has 0 aliphatic heterocycles. The summed E-state index contributed by atoms with van der Waals surface area (Å²) in [5.74, 6) is -1.78. The summed E-state index contributed by atoms with van der Waals surface area (Å²) in [5.41, 5.74) is 3.51. The topological polar surface area (TPSA) is 86.7 Å². The van der Waals surface area contributed by atoms with E-state index in [9.17, 15) is 43.2 Å². The van der Waals surface area contributed by atoms with E-state index in [1.807, 2.05) is 36.4 Å². The lowest BCUT2D eigenvalue weighted by atomic mass is 9.77. The normalized spacial score (nSPS) is 14.7. The Balaban J connectivity index is 1.13. The molecule has 2 unspecified atom stereocenters. The minimum atomic E-state index is -6.02. The van der Waals surface area contributed by atoms with Crippen LogP contribution < -0.4 is 8.37 Å². The largest absolute Gasteiger partial charge is 0.534 e. The van der Waals surface area contributed by atoms with Gasteiger partial charge in [0.05, 0.1) is 0 Å². The molecular formula is C74H72F6O6S2. The molecule has 0 fully saturated rings. The fraction of sp³-hybridized carbons (Fsp3) is 0.324. The Labute approximate surface area is 513 Å². The Hall–Kier alpha value is -7.42. The van der Waals surface area contributed by atoms with Crippen molar-refractivity contribution in [1.29, 1.82) is 0 Å². The van der Waals surface area contributed by atoms with Gasteiger partial charge in [-0.15, -0.1) is 0 Å². The van der Waals surface area contributed by atoms with Crippen molar-refractivity contribution >= 4 is 41.8 Å². The molecule has 0 bridgehead atoms. The monoisotopic (exact) mass is 1230 g/mol.